The summed E-state index contributed by atoms with van der Waals surface area (Å²) >= 11 is 0. The summed E-state index contributed by atoms with van der Waals surface area (Å²) in [5.41, 5.74) is -0.391. The Morgan fingerprint density at radius 1 is 1.33 bits per heavy atom. The summed E-state index contributed by atoms with van der Waals surface area (Å²) in [7, 11) is 0. The van der Waals surface area contributed by atoms with E-state index in [0.29, 0.717) is 6.04 Å². The monoisotopic (exact) mass is 257 g/mol. The third-order valence-corrected chi connectivity index (χ3v) is 3.26. The second-order valence-corrected chi connectivity index (χ2v) is 6.33. The number of hydrogen-bond donors (Lipinski definition) is 2. The standard InChI is InChI=1S/C14H27NO3/c1-10(9-16)15-12-7-5-11(6-8-12)13(17)18-14(2,3)4/h10-12,15-16H,5-9H2,1-4H3/t10-,11?,12?/m1/s1. The van der Waals surface area contributed by atoms with Gasteiger partial charge in [0.1, 0.15) is 5.60 Å². The molecule has 1 fully saturated rings. The Hall–Kier alpha value is -0.610. The smallest absolute Gasteiger partial charge is 0.309 e. The van der Waals surface area contributed by atoms with Crippen LogP contribution in [0.1, 0.15) is 53.4 Å². The average Bonchev–Trinajstić information content (AvgIpc) is 2.27. The minimum absolute atomic E-state index is 0.0479. The van der Waals surface area contributed by atoms with Gasteiger partial charge in [0.15, 0.2) is 0 Å². The van der Waals surface area contributed by atoms with Gasteiger partial charge in [-0.25, -0.2) is 0 Å². The highest BCUT2D eigenvalue weighted by Crippen LogP contribution is 2.27. The van der Waals surface area contributed by atoms with Crippen molar-refractivity contribution >= 4 is 5.97 Å². The SMILES string of the molecule is C[C@H](CO)NC1CCC(C(=O)OC(C)(C)C)CC1. The van der Waals surface area contributed by atoms with Crippen molar-refractivity contribution in [3.8, 4) is 0 Å². The Balaban J connectivity index is 2.33. The van der Waals surface area contributed by atoms with Gasteiger partial charge in [-0.05, 0) is 53.4 Å². The van der Waals surface area contributed by atoms with Crippen LogP contribution in [0.5, 0.6) is 0 Å². The predicted octanol–water partition coefficient (Wildman–Crippen LogP) is 1.86. The molecule has 1 atom stereocenters. The van der Waals surface area contributed by atoms with E-state index in [9.17, 15) is 4.79 Å². The minimum atomic E-state index is -0.391. The van der Waals surface area contributed by atoms with Gasteiger partial charge in [0.25, 0.3) is 0 Å². The summed E-state index contributed by atoms with van der Waals surface area (Å²) in [6.07, 6.45) is 3.72. The average molecular weight is 257 g/mol. The first-order chi connectivity index (χ1) is 8.31. The van der Waals surface area contributed by atoms with Gasteiger partial charge >= 0.3 is 5.97 Å². The van der Waals surface area contributed by atoms with Gasteiger partial charge in [-0.3, -0.25) is 4.79 Å². The zero-order valence-electron chi connectivity index (χ0n) is 12.0. The fourth-order valence-electron chi connectivity index (χ4n) is 2.34. The predicted molar refractivity (Wildman–Crippen MR) is 71.3 cm³/mol. The van der Waals surface area contributed by atoms with E-state index >= 15 is 0 Å². The Bertz CT molecular complexity index is 265. The molecular formula is C14H27NO3. The Morgan fingerprint density at radius 2 is 1.89 bits per heavy atom. The number of aliphatic hydroxyl groups is 1. The van der Waals surface area contributed by atoms with E-state index in [0.717, 1.165) is 25.7 Å². The topological polar surface area (TPSA) is 58.6 Å². The van der Waals surface area contributed by atoms with Crippen LogP contribution in [0.15, 0.2) is 0 Å². The largest absolute Gasteiger partial charge is 0.460 e. The van der Waals surface area contributed by atoms with E-state index < -0.39 is 5.60 Å². The first-order valence-electron chi connectivity index (χ1n) is 6.91. The third-order valence-electron chi connectivity index (χ3n) is 3.26. The number of nitrogens with one attached hydrogen (secondary N) is 1. The van der Waals surface area contributed by atoms with E-state index in [-0.39, 0.29) is 24.5 Å². The molecule has 4 heteroatoms. The van der Waals surface area contributed by atoms with Gasteiger partial charge in [0, 0.05) is 12.1 Å². The summed E-state index contributed by atoms with van der Waals surface area (Å²) in [4.78, 5) is 11.9. The fourth-order valence-corrected chi connectivity index (χ4v) is 2.34. The lowest BCUT2D eigenvalue weighted by Gasteiger charge is -2.31. The molecule has 4 nitrogen and oxygen atoms in total. The maximum Gasteiger partial charge on any atom is 0.309 e. The molecule has 2 N–H and O–H groups in total. The molecule has 0 heterocycles. The van der Waals surface area contributed by atoms with Crippen molar-refractivity contribution in [3.63, 3.8) is 0 Å². The van der Waals surface area contributed by atoms with Gasteiger partial charge in [-0.1, -0.05) is 0 Å². The first-order valence-corrected chi connectivity index (χ1v) is 6.91. The molecule has 1 saturated carbocycles. The number of hydrogen-bond acceptors (Lipinski definition) is 4. The maximum atomic E-state index is 11.9. The minimum Gasteiger partial charge on any atom is -0.460 e. The zero-order valence-corrected chi connectivity index (χ0v) is 12.0. The summed E-state index contributed by atoms with van der Waals surface area (Å²) in [6.45, 7) is 7.84. The molecule has 1 aliphatic rings. The molecule has 1 rings (SSSR count). The number of carbonyl (C=O) groups excluding carboxylic acids is 1. The molecule has 0 saturated heterocycles. The van der Waals surface area contributed by atoms with Gasteiger partial charge in [-0.2, -0.15) is 0 Å². The van der Waals surface area contributed by atoms with E-state index in [2.05, 4.69) is 5.32 Å². The van der Waals surface area contributed by atoms with E-state index in [1.807, 2.05) is 27.7 Å². The molecule has 0 spiro atoms. The van der Waals surface area contributed by atoms with Crippen molar-refractivity contribution < 1.29 is 14.6 Å². The Labute approximate surface area is 110 Å². The van der Waals surface area contributed by atoms with Crippen molar-refractivity contribution in [2.45, 2.75) is 71.1 Å². The Morgan fingerprint density at radius 3 is 2.33 bits per heavy atom. The van der Waals surface area contributed by atoms with E-state index in [4.69, 9.17) is 9.84 Å². The second kappa shape index (κ2) is 6.53. The second-order valence-electron chi connectivity index (χ2n) is 6.33. The molecule has 18 heavy (non-hydrogen) atoms. The number of aliphatic hydroxyl groups excluding tert-OH is 1. The number of carbonyl (C=O) groups is 1. The first kappa shape index (κ1) is 15.4. The maximum absolute atomic E-state index is 11.9. The highest BCUT2D eigenvalue weighted by Gasteiger charge is 2.30. The molecule has 106 valence electrons. The van der Waals surface area contributed by atoms with Gasteiger partial charge in [0.2, 0.25) is 0 Å². The van der Waals surface area contributed by atoms with Crippen LogP contribution in [0.4, 0.5) is 0 Å². The lowest BCUT2D eigenvalue weighted by molar-refractivity contribution is -0.161. The van der Waals surface area contributed by atoms with Gasteiger partial charge in [-0.15, -0.1) is 0 Å². The normalized spacial score (nSPS) is 26.7. The molecule has 0 bridgehead atoms. The summed E-state index contributed by atoms with van der Waals surface area (Å²) in [6, 6.07) is 0.555. The summed E-state index contributed by atoms with van der Waals surface area (Å²) in [5.74, 6) is -0.0112. The Kier molecular flexibility index (Phi) is 5.60. The molecule has 0 aromatic carbocycles. The van der Waals surface area contributed by atoms with Crippen LogP contribution in [0.25, 0.3) is 0 Å². The van der Waals surface area contributed by atoms with Crippen LogP contribution >= 0.6 is 0 Å². The molecule has 0 aromatic heterocycles. The number of rotatable bonds is 4. The lowest BCUT2D eigenvalue weighted by atomic mass is 9.85. The van der Waals surface area contributed by atoms with Gasteiger partial charge in [0.05, 0.1) is 12.5 Å². The van der Waals surface area contributed by atoms with Gasteiger partial charge < -0.3 is 15.2 Å². The zero-order chi connectivity index (χ0) is 13.8. The van der Waals surface area contributed by atoms with Crippen molar-refractivity contribution in [3.05, 3.63) is 0 Å². The highest BCUT2D eigenvalue weighted by molar-refractivity contribution is 5.73. The van der Waals surface area contributed by atoms with Crippen molar-refractivity contribution in [2.75, 3.05) is 6.61 Å². The molecule has 0 aromatic rings. The van der Waals surface area contributed by atoms with Crippen molar-refractivity contribution in [1.82, 2.24) is 5.32 Å². The third kappa shape index (κ3) is 5.36. The van der Waals surface area contributed by atoms with Crippen molar-refractivity contribution in [2.24, 2.45) is 5.92 Å². The molecule has 0 unspecified atom stereocenters. The fraction of sp³-hybridized carbons (Fsp3) is 0.929. The van der Waals surface area contributed by atoms with Crippen LogP contribution < -0.4 is 5.32 Å². The van der Waals surface area contributed by atoms with Crippen LogP contribution in [0, 0.1) is 5.92 Å². The summed E-state index contributed by atoms with van der Waals surface area (Å²) < 4.78 is 5.42. The summed E-state index contributed by atoms with van der Waals surface area (Å²) in [5, 5.41) is 12.4. The van der Waals surface area contributed by atoms with E-state index in [1.165, 1.54) is 0 Å². The molecular weight excluding hydrogens is 230 g/mol. The number of esters is 1. The van der Waals surface area contributed by atoms with Crippen LogP contribution in [0.2, 0.25) is 0 Å². The molecule has 0 radical (unpaired) electrons. The molecule has 0 aliphatic heterocycles. The van der Waals surface area contributed by atoms with E-state index in [1.54, 1.807) is 0 Å². The van der Waals surface area contributed by atoms with Crippen molar-refractivity contribution in [1.29, 1.82) is 0 Å². The lowest BCUT2D eigenvalue weighted by Crippen LogP contribution is -2.42. The highest BCUT2D eigenvalue weighted by atomic mass is 16.6. The molecule has 0 amide bonds. The number of ether oxygens (including phenoxy) is 1. The van der Waals surface area contributed by atoms with Crippen LogP contribution in [-0.2, 0) is 9.53 Å². The van der Waals surface area contributed by atoms with Crippen LogP contribution in [0.3, 0.4) is 0 Å². The van der Waals surface area contributed by atoms with Crippen LogP contribution in [-0.4, -0.2) is 35.4 Å². The quantitative estimate of drug-likeness (QED) is 0.755. The molecule has 1 aliphatic carbocycles.